The van der Waals surface area contributed by atoms with Crippen molar-refractivity contribution in [3.63, 3.8) is 0 Å². The number of rotatable bonds is 21. The monoisotopic (exact) mass is 1540 g/mol. The molecule has 0 saturated carbocycles. The fraction of sp³-hybridized carbons (Fsp3) is 0.440. The van der Waals surface area contributed by atoms with Gasteiger partial charge in [-0.3, -0.25) is 24.2 Å². The molecule has 10 rings (SSSR count). The number of likely N-dealkylation sites (N-methyl/N-ethyl adjacent to an activating group) is 1. The van der Waals surface area contributed by atoms with Crippen LogP contribution in [0.4, 0.5) is 77.5 Å². The number of nitrogens with zero attached hydrogens (tertiary/aromatic N) is 12. The van der Waals surface area contributed by atoms with Gasteiger partial charge in [-0.1, -0.05) is 73.4 Å². The molecule has 0 radical (unpaired) electrons. The minimum atomic E-state index is -1.12. The van der Waals surface area contributed by atoms with Crippen molar-refractivity contribution in [1.29, 1.82) is 0 Å². The summed E-state index contributed by atoms with van der Waals surface area (Å²) in [5.41, 5.74) is 2.30. The number of piperidine rings is 2. The Morgan fingerprint density at radius 2 is 0.981 bits per heavy atom. The summed E-state index contributed by atoms with van der Waals surface area (Å²) in [6, 6.07) is 16.2. The summed E-state index contributed by atoms with van der Waals surface area (Å²) in [6.07, 6.45) is 7.40. The number of hydrogen-bond donors (Lipinski definition) is 3. The van der Waals surface area contributed by atoms with E-state index in [1.807, 2.05) is 24.3 Å². The van der Waals surface area contributed by atoms with Gasteiger partial charge in [0.05, 0.1) is 67.7 Å². The zero-order chi connectivity index (χ0) is 77.3. The number of amides is 7. The fourth-order valence-electron chi connectivity index (χ4n) is 12.9. The van der Waals surface area contributed by atoms with Crippen molar-refractivity contribution < 1.29 is 57.2 Å². The zero-order valence-corrected chi connectivity index (χ0v) is 65.4. The molecule has 2 aromatic heterocycles. The van der Waals surface area contributed by atoms with Crippen molar-refractivity contribution in [3.8, 4) is 23.0 Å². The normalized spacial score (nSPS) is 15.3. The summed E-state index contributed by atoms with van der Waals surface area (Å²) in [5, 5.41) is 9.14. The van der Waals surface area contributed by atoms with Gasteiger partial charge in [-0.25, -0.2) is 39.2 Å². The molecule has 31 heteroatoms. The number of halogens is 4. The summed E-state index contributed by atoms with van der Waals surface area (Å²) in [7, 11) is 8.59. The van der Waals surface area contributed by atoms with E-state index in [9.17, 15) is 28.8 Å². The Balaban J connectivity index is 0.000000254. The van der Waals surface area contributed by atoms with Gasteiger partial charge in [0.25, 0.3) is 0 Å². The van der Waals surface area contributed by atoms with E-state index in [4.69, 9.17) is 74.8 Å². The number of carbonyl (C=O) groups is 6. The highest BCUT2D eigenvalue weighted by Crippen LogP contribution is 2.50. The molecule has 4 aliphatic rings. The highest BCUT2D eigenvalue weighted by molar-refractivity contribution is 6.43. The van der Waals surface area contributed by atoms with Gasteiger partial charge in [0, 0.05) is 92.3 Å². The average Bonchev–Trinajstić information content (AvgIpc) is 0.767. The van der Waals surface area contributed by atoms with Crippen LogP contribution < -0.4 is 64.3 Å². The van der Waals surface area contributed by atoms with Crippen LogP contribution in [0.15, 0.2) is 98.6 Å². The van der Waals surface area contributed by atoms with Gasteiger partial charge in [0.1, 0.15) is 85.9 Å². The Morgan fingerprint density at radius 1 is 0.547 bits per heavy atom. The van der Waals surface area contributed by atoms with Gasteiger partial charge in [0.2, 0.25) is 17.7 Å². The first-order chi connectivity index (χ1) is 50.2. The van der Waals surface area contributed by atoms with E-state index < -0.39 is 35.3 Å². The number of imide groups is 1. The molecule has 0 bridgehead atoms. The van der Waals surface area contributed by atoms with Crippen LogP contribution in [-0.4, -0.2) is 185 Å². The predicted octanol–water partition coefficient (Wildman–Crippen LogP) is 14.7. The molecule has 0 unspecified atom stereocenters. The molecule has 3 N–H and O–H groups in total. The lowest BCUT2D eigenvalue weighted by Gasteiger charge is -2.55. The van der Waals surface area contributed by atoms with Crippen molar-refractivity contribution in [3.05, 3.63) is 124 Å². The zero-order valence-electron chi connectivity index (χ0n) is 62.4. The first-order valence-electron chi connectivity index (χ1n) is 34.5. The topological polar surface area (TPSA) is 271 Å². The van der Waals surface area contributed by atoms with Gasteiger partial charge < -0.3 is 64.0 Å². The van der Waals surface area contributed by atoms with Crippen molar-refractivity contribution in [2.24, 2.45) is 10.8 Å². The Labute approximate surface area is 638 Å². The molecule has 7 amide bonds. The van der Waals surface area contributed by atoms with Crippen LogP contribution in [0.3, 0.4) is 0 Å². The van der Waals surface area contributed by atoms with Crippen LogP contribution in [0.2, 0.25) is 20.1 Å². The largest absolute Gasteiger partial charge is 0.495 e. The Bertz CT molecular complexity index is 4220. The number of carbonyl (C=O) groups excluding carboxylic acids is 6. The van der Waals surface area contributed by atoms with Crippen LogP contribution in [0.25, 0.3) is 0 Å². The maximum absolute atomic E-state index is 14.6. The van der Waals surface area contributed by atoms with E-state index in [0.717, 1.165) is 107 Å². The molecule has 2 spiro atoms. The molecule has 4 saturated heterocycles. The molecule has 4 aromatic carbocycles. The number of benzene rings is 4. The Hall–Kier alpha value is -9.38. The minimum Gasteiger partial charge on any atom is -0.495 e. The van der Waals surface area contributed by atoms with E-state index in [1.165, 1.54) is 82.7 Å². The Kier molecular flexibility index (Phi) is 25.9. The van der Waals surface area contributed by atoms with Gasteiger partial charge >= 0.3 is 18.2 Å². The summed E-state index contributed by atoms with van der Waals surface area (Å²) in [4.78, 5) is 112. The van der Waals surface area contributed by atoms with Crippen LogP contribution in [0.5, 0.6) is 23.0 Å². The maximum atomic E-state index is 14.6. The standard InChI is InChI=1S/C42H54Cl2N8O8.C33H39Cl2N7O4/c1-12-33(53)47-27-20-26(50-23-42(24-50)16-18-49(13-2)19-17-42)14-15-28(27)51(38(55)59-40(3,4)5)32-22-31(45-25-46-32)48(9)37(54)52(39(56)60-41(6,7)8)36-34(43)29(57-10)21-30(58-11)35(36)44;1-6-29(43)39-24-14-21(42-18-33(19-42)10-12-41(7-2)13-11-33)8-9-23(24)38-27-17-28(37-20-36-27)40(3)30(44)15-22-31(34)25(45-4)16-26(46-5)32(22)35/h12,14-15,20-22,25H,1,13,16-19,23-24H2,2-11H3,(H,47,53);6,8-9,14,16-17,20H,1,7,10-13,15,18-19H2,2-5H3,(H,39,43)(H,36,37,38). The lowest BCUT2D eigenvalue weighted by Crippen LogP contribution is -2.60. The van der Waals surface area contributed by atoms with Gasteiger partial charge in [0.15, 0.2) is 0 Å². The first-order valence-corrected chi connectivity index (χ1v) is 36.1. The Morgan fingerprint density at radius 3 is 1.45 bits per heavy atom. The van der Waals surface area contributed by atoms with E-state index in [2.05, 4.69) is 82.5 Å². The van der Waals surface area contributed by atoms with Gasteiger partial charge in [-0.15, -0.1) is 0 Å². The summed E-state index contributed by atoms with van der Waals surface area (Å²) >= 11 is 26.4. The smallest absolute Gasteiger partial charge is 0.423 e. The number of likely N-dealkylation sites (tertiary alicyclic amines) is 2. The van der Waals surface area contributed by atoms with Crippen LogP contribution in [0, 0.1) is 10.8 Å². The summed E-state index contributed by atoms with van der Waals surface area (Å²) in [5.74, 6) is 0.326. The highest BCUT2D eigenvalue weighted by atomic mass is 35.5. The van der Waals surface area contributed by atoms with E-state index in [-0.39, 0.29) is 83.9 Å². The second-order valence-corrected chi connectivity index (χ2v) is 29.8. The van der Waals surface area contributed by atoms with E-state index in [0.29, 0.717) is 50.4 Å². The lowest BCUT2D eigenvalue weighted by molar-refractivity contribution is -0.117. The summed E-state index contributed by atoms with van der Waals surface area (Å²) < 4.78 is 33.0. The third-order valence-corrected chi connectivity index (χ3v) is 20.5. The molecular weight excluding hydrogens is 1440 g/mol. The van der Waals surface area contributed by atoms with Crippen molar-refractivity contribution in [2.45, 2.75) is 98.7 Å². The second kappa shape index (κ2) is 34.0. The molecule has 0 aliphatic carbocycles. The molecule has 6 aromatic rings. The quantitative estimate of drug-likeness (QED) is 0.0565. The molecule has 27 nitrogen and oxygen atoms in total. The number of hydrogen-bond acceptors (Lipinski definition) is 21. The predicted molar refractivity (Wildman–Crippen MR) is 417 cm³/mol. The van der Waals surface area contributed by atoms with Gasteiger partial charge in [-0.2, -0.15) is 4.90 Å². The third kappa shape index (κ3) is 18.7. The van der Waals surface area contributed by atoms with E-state index >= 15 is 0 Å². The maximum Gasteiger partial charge on any atom is 0.423 e. The van der Waals surface area contributed by atoms with Crippen LogP contribution >= 0.6 is 46.4 Å². The van der Waals surface area contributed by atoms with Crippen molar-refractivity contribution in [2.75, 3.05) is 153 Å². The average molecular weight is 1540 g/mol. The summed E-state index contributed by atoms with van der Waals surface area (Å²) in [6.45, 7) is 31.9. The molecule has 4 fully saturated rings. The minimum absolute atomic E-state index is 0.0377. The number of nitrogens with one attached hydrogen (secondary N) is 3. The van der Waals surface area contributed by atoms with E-state index in [1.54, 1.807) is 72.9 Å². The second-order valence-electron chi connectivity index (χ2n) is 28.3. The first kappa shape index (κ1) is 80.7. The number of urea groups is 1. The number of ether oxygens (including phenoxy) is 6. The van der Waals surface area contributed by atoms with Crippen molar-refractivity contribution >= 4 is 145 Å². The van der Waals surface area contributed by atoms with Crippen molar-refractivity contribution in [1.82, 2.24) is 29.7 Å². The SMILES string of the molecule is C=CC(=O)Nc1cc(N2CC3(CCN(CC)CC3)C2)ccc1N(C(=O)OC(C)(C)C)c1cc(N(C)C(=O)N(C(=O)OC(C)(C)C)c2c(Cl)c(OC)cc(OC)c2Cl)ncn1.C=CC(=O)Nc1cc(N2CC3(CCN(CC)CC3)C2)ccc1Nc1cc(N(C)C(=O)Cc2c(Cl)c(OC)cc(OC)c2Cl)ncn1. The molecule has 4 aliphatic heterocycles. The van der Waals surface area contributed by atoms with Crippen LogP contribution in [0.1, 0.15) is 86.6 Å². The molecule has 106 heavy (non-hydrogen) atoms. The lowest BCUT2D eigenvalue weighted by atomic mass is 9.71. The highest BCUT2D eigenvalue weighted by Gasteiger charge is 2.47. The third-order valence-electron chi connectivity index (χ3n) is 18.9. The van der Waals surface area contributed by atoms with Gasteiger partial charge in [-0.05, 0) is 155 Å². The number of anilines is 11. The fourth-order valence-corrected chi connectivity index (χ4v) is 14.2. The molecule has 6 heterocycles. The van der Waals surface area contributed by atoms with Crippen LogP contribution in [-0.2, 0) is 30.3 Å². The number of aromatic nitrogens is 4. The number of methoxy groups -OCH3 is 4. The molecule has 568 valence electrons. The molecular formula is C75H93Cl4N15O12. The molecule has 0 atom stereocenters.